The predicted molar refractivity (Wildman–Crippen MR) is 102 cm³/mol. The highest BCUT2D eigenvalue weighted by Crippen LogP contribution is 2.19. The summed E-state index contributed by atoms with van der Waals surface area (Å²) in [6, 6.07) is 12.1. The molecule has 148 valence electrons. The average molecular weight is 398 g/mol. The van der Waals surface area contributed by atoms with Gasteiger partial charge in [-0.1, -0.05) is 0 Å². The zero-order chi connectivity index (χ0) is 20.8. The molecule has 0 aliphatic carbocycles. The first-order valence-electron chi connectivity index (χ1n) is 8.60. The lowest BCUT2D eigenvalue weighted by Crippen LogP contribution is -2.15. The lowest BCUT2D eigenvalue weighted by atomic mass is 10.2. The van der Waals surface area contributed by atoms with Gasteiger partial charge in [0, 0.05) is 11.8 Å². The highest BCUT2D eigenvalue weighted by Gasteiger charge is 2.11. The number of nitrogens with one attached hydrogen (secondary N) is 2. The number of rotatable bonds is 6. The van der Waals surface area contributed by atoms with Gasteiger partial charge in [0.15, 0.2) is 11.5 Å². The molecule has 7 nitrogen and oxygen atoms in total. The second-order valence-electron chi connectivity index (χ2n) is 5.80. The number of halogens is 2. The number of aromatic nitrogens is 2. The SMILES string of the molecule is CCOC(=O)c1ccc(NC(=O)c2ccc(Nc3ccc(F)cc3F)nn2)cc1. The maximum Gasteiger partial charge on any atom is 0.338 e. The van der Waals surface area contributed by atoms with E-state index in [0.29, 0.717) is 11.3 Å². The fourth-order valence-corrected chi connectivity index (χ4v) is 2.35. The van der Waals surface area contributed by atoms with Gasteiger partial charge in [-0.25, -0.2) is 13.6 Å². The van der Waals surface area contributed by atoms with E-state index >= 15 is 0 Å². The summed E-state index contributed by atoms with van der Waals surface area (Å²) in [7, 11) is 0. The van der Waals surface area contributed by atoms with E-state index < -0.39 is 23.5 Å². The summed E-state index contributed by atoms with van der Waals surface area (Å²) in [4.78, 5) is 23.9. The molecule has 3 aromatic rings. The number of esters is 1. The number of anilines is 3. The van der Waals surface area contributed by atoms with Gasteiger partial charge in [0.2, 0.25) is 0 Å². The van der Waals surface area contributed by atoms with Crippen molar-refractivity contribution >= 4 is 29.1 Å². The van der Waals surface area contributed by atoms with E-state index in [1.807, 2.05) is 0 Å². The first-order chi connectivity index (χ1) is 14.0. The Kier molecular flexibility index (Phi) is 6.08. The molecule has 9 heteroatoms. The van der Waals surface area contributed by atoms with Gasteiger partial charge in [-0.2, -0.15) is 0 Å². The fraction of sp³-hybridized carbons (Fsp3) is 0.100. The molecule has 0 saturated heterocycles. The summed E-state index contributed by atoms with van der Waals surface area (Å²) in [5, 5.41) is 12.9. The van der Waals surface area contributed by atoms with Gasteiger partial charge in [0.1, 0.15) is 11.6 Å². The van der Waals surface area contributed by atoms with E-state index in [-0.39, 0.29) is 23.8 Å². The van der Waals surface area contributed by atoms with E-state index in [1.54, 1.807) is 19.1 Å². The molecule has 0 atom stereocenters. The lowest BCUT2D eigenvalue weighted by molar-refractivity contribution is 0.0526. The summed E-state index contributed by atoms with van der Waals surface area (Å²) in [5.41, 5.74) is 0.887. The van der Waals surface area contributed by atoms with Gasteiger partial charge in [0.05, 0.1) is 17.9 Å². The summed E-state index contributed by atoms with van der Waals surface area (Å²) in [6.45, 7) is 1.99. The van der Waals surface area contributed by atoms with Crippen LogP contribution in [0.4, 0.5) is 26.0 Å². The quantitative estimate of drug-likeness (QED) is 0.611. The van der Waals surface area contributed by atoms with Gasteiger partial charge >= 0.3 is 5.97 Å². The topological polar surface area (TPSA) is 93.2 Å². The van der Waals surface area contributed by atoms with Crippen molar-refractivity contribution in [1.82, 2.24) is 10.2 Å². The Balaban J connectivity index is 1.63. The minimum Gasteiger partial charge on any atom is -0.462 e. The Morgan fingerprint density at radius 2 is 1.76 bits per heavy atom. The highest BCUT2D eigenvalue weighted by molar-refractivity contribution is 6.03. The highest BCUT2D eigenvalue weighted by atomic mass is 19.1. The van der Waals surface area contributed by atoms with E-state index in [4.69, 9.17) is 4.74 Å². The fourth-order valence-electron chi connectivity index (χ4n) is 2.35. The molecule has 0 fully saturated rings. The van der Waals surface area contributed by atoms with Crippen molar-refractivity contribution in [3.05, 3.63) is 77.5 Å². The number of carbonyl (C=O) groups is 2. The largest absolute Gasteiger partial charge is 0.462 e. The number of carbonyl (C=O) groups excluding carboxylic acids is 2. The van der Waals surface area contributed by atoms with Gasteiger partial charge in [0.25, 0.3) is 5.91 Å². The smallest absolute Gasteiger partial charge is 0.338 e. The van der Waals surface area contributed by atoms with Crippen molar-refractivity contribution in [1.29, 1.82) is 0 Å². The monoisotopic (exact) mass is 398 g/mol. The summed E-state index contributed by atoms with van der Waals surface area (Å²) >= 11 is 0. The van der Waals surface area contributed by atoms with Crippen LogP contribution in [0.2, 0.25) is 0 Å². The molecule has 2 N–H and O–H groups in total. The van der Waals surface area contributed by atoms with Gasteiger partial charge in [-0.15, -0.1) is 10.2 Å². The predicted octanol–water partition coefficient (Wildman–Crippen LogP) is 3.93. The van der Waals surface area contributed by atoms with Crippen molar-refractivity contribution in [3.8, 4) is 0 Å². The van der Waals surface area contributed by atoms with Crippen molar-refractivity contribution < 1.29 is 23.1 Å². The normalized spacial score (nSPS) is 10.3. The molecule has 1 heterocycles. The van der Waals surface area contributed by atoms with Crippen molar-refractivity contribution in [2.75, 3.05) is 17.2 Å². The zero-order valence-electron chi connectivity index (χ0n) is 15.3. The maximum absolute atomic E-state index is 13.7. The Labute approximate surface area is 164 Å². The van der Waals surface area contributed by atoms with Crippen LogP contribution in [-0.2, 0) is 4.74 Å². The molecule has 0 bridgehead atoms. The molecule has 0 radical (unpaired) electrons. The number of benzene rings is 2. The molecular formula is C20H16F2N4O3. The number of amides is 1. The summed E-state index contributed by atoms with van der Waals surface area (Å²) in [5.74, 6) is -2.25. The maximum atomic E-state index is 13.7. The van der Waals surface area contributed by atoms with E-state index in [0.717, 1.165) is 12.1 Å². The molecule has 0 unspecified atom stereocenters. The third-order valence-electron chi connectivity index (χ3n) is 3.74. The van der Waals surface area contributed by atoms with Crippen LogP contribution in [-0.4, -0.2) is 28.7 Å². The number of hydrogen-bond acceptors (Lipinski definition) is 6. The average Bonchev–Trinajstić information content (AvgIpc) is 2.71. The molecule has 29 heavy (non-hydrogen) atoms. The molecule has 0 spiro atoms. The van der Waals surface area contributed by atoms with Gasteiger partial charge in [-0.05, 0) is 55.5 Å². The van der Waals surface area contributed by atoms with Gasteiger partial charge < -0.3 is 15.4 Å². The Hall–Kier alpha value is -3.88. The third kappa shape index (κ3) is 5.10. The molecule has 0 aliphatic heterocycles. The third-order valence-corrected chi connectivity index (χ3v) is 3.74. The summed E-state index contributed by atoms with van der Waals surface area (Å²) in [6.07, 6.45) is 0. The van der Waals surface area contributed by atoms with Gasteiger partial charge in [-0.3, -0.25) is 4.79 Å². The van der Waals surface area contributed by atoms with E-state index in [9.17, 15) is 18.4 Å². The van der Waals surface area contributed by atoms with Crippen molar-refractivity contribution in [2.24, 2.45) is 0 Å². The van der Waals surface area contributed by atoms with E-state index in [2.05, 4.69) is 20.8 Å². The lowest BCUT2D eigenvalue weighted by Gasteiger charge is -2.08. The second-order valence-corrected chi connectivity index (χ2v) is 5.80. The van der Waals surface area contributed by atoms with Crippen LogP contribution in [0.3, 0.4) is 0 Å². The number of ether oxygens (including phenoxy) is 1. The molecule has 0 saturated carbocycles. The molecule has 0 aliphatic rings. The minimum absolute atomic E-state index is 0.0274. The summed E-state index contributed by atoms with van der Waals surface area (Å²) < 4.78 is 31.5. The van der Waals surface area contributed by atoms with Crippen LogP contribution in [0.25, 0.3) is 0 Å². The Morgan fingerprint density at radius 3 is 2.38 bits per heavy atom. The van der Waals surface area contributed by atoms with Crippen LogP contribution in [0, 0.1) is 11.6 Å². The molecule has 1 aromatic heterocycles. The van der Waals surface area contributed by atoms with Crippen LogP contribution in [0.15, 0.2) is 54.6 Å². The van der Waals surface area contributed by atoms with Crippen LogP contribution < -0.4 is 10.6 Å². The number of nitrogens with zero attached hydrogens (tertiary/aromatic N) is 2. The number of hydrogen-bond donors (Lipinski definition) is 2. The second kappa shape index (κ2) is 8.87. The molecular weight excluding hydrogens is 382 g/mol. The van der Waals surface area contributed by atoms with Crippen molar-refractivity contribution in [2.45, 2.75) is 6.92 Å². The minimum atomic E-state index is -0.778. The molecule has 1 amide bonds. The Morgan fingerprint density at radius 1 is 1.00 bits per heavy atom. The van der Waals surface area contributed by atoms with Crippen LogP contribution >= 0.6 is 0 Å². The first kappa shape index (κ1) is 19.9. The standard InChI is InChI=1S/C20H16F2N4O3/c1-2-29-20(28)12-3-6-14(7-4-12)23-19(27)17-9-10-18(26-25-17)24-16-8-5-13(21)11-15(16)22/h3-11H,2H2,1H3,(H,23,27)(H,24,26). The first-order valence-corrected chi connectivity index (χ1v) is 8.60. The van der Waals surface area contributed by atoms with E-state index in [1.165, 1.54) is 30.3 Å². The van der Waals surface area contributed by atoms with Crippen LogP contribution in [0.1, 0.15) is 27.8 Å². The Bertz CT molecular complexity index is 1020. The zero-order valence-corrected chi connectivity index (χ0v) is 15.3. The van der Waals surface area contributed by atoms with Crippen LogP contribution in [0.5, 0.6) is 0 Å². The van der Waals surface area contributed by atoms with Crippen molar-refractivity contribution in [3.63, 3.8) is 0 Å². The molecule has 2 aromatic carbocycles. The molecule has 3 rings (SSSR count).